The number of nitrogens with one attached hydrogen (secondary N) is 1. The number of rotatable bonds is 5. The lowest BCUT2D eigenvalue weighted by atomic mass is 10.3. The lowest BCUT2D eigenvalue weighted by Crippen LogP contribution is -2.38. The summed E-state index contributed by atoms with van der Waals surface area (Å²) in [4.78, 5) is 6.59. The standard InChI is InChI=1S/C12H23N3OS/c1-11(2)10-14-12(17)13-4-3-5-15-6-8-16-9-7-15/h10-11H,3-9H2,1-2H3,(H,13,17). The van der Waals surface area contributed by atoms with Crippen molar-refractivity contribution in [3.8, 4) is 0 Å². The summed E-state index contributed by atoms with van der Waals surface area (Å²) >= 11 is 5.10. The van der Waals surface area contributed by atoms with Crippen molar-refractivity contribution in [2.24, 2.45) is 10.9 Å². The van der Waals surface area contributed by atoms with Crippen molar-refractivity contribution in [3.05, 3.63) is 0 Å². The Morgan fingerprint density at radius 1 is 1.47 bits per heavy atom. The second-order valence-electron chi connectivity index (χ2n) is 4.56. The van der Waals surface area contributed by atoms with Crippen LogP contribution in [-0.2, 0) is 4.74 Å². The highest BCUT2D eigenvalue weighted by Crippen LogP contribution is 1.97. The Morgan fingerprint density at radius 2 is 2.18 bits per heavy atom. The van der Waals surface area contributed by atoms with Crippen LogP contribution < -0.4 is 5.32 Å². The van der Waals surface area contributed by atoms with Crippen LogP contribution in [-0.4, -0.2) is 55.6 Å². The minimum atomic E-state index is 0.447. The van der Waals surface area contributed by atoms with Crippen molar-refractivity contribution in [2.45, 2.75) is 20.3 Å². The summed E-state index contributed by atoms with van der Waals surface area (Å²) in [6.07, 6.45) is 2.97. The molecule has 0 saturated carbocycles. The fourth-order valence-corrected chi connectivity index (χ4v) is 1.75. The van der Waals surface area contributed by atoms with E-state index in [4.69, 9.17) is 17.0 Å². The topological polar surface area (TPSA) is 36.9 Å². The van der Waals surface area contributed by atoms with Gasteiger partial charge in [0, 0.05) is 25.8 Å². The van der Waals surface area contributed by atoms with Crippen LogP contribution in [0.3, 0.4) is 0 Å². The molecule has 1 saturated heterocycles. The molecular weight excluding hydrogens is 234 g/mol. The molecule has 17 heavy (non-hydrogen) atoms. The number of aliphatic imine (C=N–C) groups is 1. The smallest absolute Gasteiger partial charge is 0.192 e. The van der Waals surface area contributed by atoms with Gasteiger partial charge in [-0.15, -0.1) is 0 Å². The Bertz CT molecular complexity index is 250. The average molecular weight is 257 g/mol. The SMILES string of the molecule is CC(C)C=NC(=S)NCCCN1CCOCC1. The number of hydrogen-bond acceptors (Lipinski definition) is 3. The minimum absolute atomic E-state index is 0.447. The summed E-state index contributed by atoms with van der Waals surface area (Å²) in [6, 6.07) is 0. The third-order valence-corrected chi connectivity index (χ3v) is 2.77. The van der Waals surface area contributed by atoms with E-state index in [9.17, 15) is 0 Å². The quantitative estimate of drug-likeness (QED) is 0.458. The van der Waals surface area contributed by atoms with Gasteiger partial charge in [0.25, 0.3) is 0 Å². The van der Waals surface area contributed by atoms with Crippen LogP contribution >= 0.6 is 12.2 Å². The fraction of sp³-hybridized carbons (Fsp3) is 0.833. The molecule has 0 aromatic rings. The molecule has 98 valence electrons. The van der Waals surface area contributed by atoms with Gasteiger partial charge in [0.1, 0.15) is 0 Å². The van der Waals surface area contributed by atoms with E-state index in [0.717, 1.165) is 45.8 Å². The maximum absolute atomic E-state index is 5.30. The first-order valence-electron chi connectivity index (χ1n) is 6.30. The van der Waals surface area contributed by atoms with Gasteiger partial charge in [-0.3, -0.25) is 4.90 Å². The summed E-state index contributed by atoms with van der Waals surface area (Å²) < 4.78 is 5.30. The van der Waals surface area contributed by atoms with E-state index in [1.807, 2.05) is 6.21 Å². The van der Waals surface area contributed by atoms with Crippen molar-refractivity contribution >= 4 is 23.5 Å². The Labute approximate surface area is 109 Å². The summed E-state index contributed by atoms with van der Waals surface area (Å²) in [6.45, 7) is 10.0. The van der Waals surface area contributed by atoms with Gasteiger partial charge >= 0.3 is 0 Å². The lowest BCUT2D eigenvalue weighted by Gasteiger charge is -2.26. The highest BCUT2D eigenvalue weighted by molar-refractivity contribution is 7.80. The molecule has 1 aliphatic heterocycles. The Hall–Kier alpha value is -0.520. The summed E-state index contributed by atoms with van der Waals surface area (Å²) in [5.74, 6) is 0.447. The molecule has 0 spiro atoms. The third-order valence-electron chi connectivity index (χ3n) is 2.52. The Balaban J connectivity index is 2.01. The molecule has 1 rings (SSSR count). The van der Waals surface area contributed by atoms with Gasteiger partial charge in [-0.2, -0.15) is 0 Å². The van der Waals surface area contributed by atoms with Crippen molar-refractivity contribution in [2.75, 3.05) is 39.4 Å². The second kappa shape index (κ2) is 8.55. The van der Waals surface area contributed by atoms with Gasteiger partial charge in [-0.25, -0.2) is 4.99 Å². The van der Waals surface area contributed by atoms with Crippen LogP contribution in [0.5, 0.6) is 0 Å². The van der Waals surface area contributed by atoms with Crippen molar-refractivity contribution in [1.29, 1.82) is 0 Å². The number of hydrogen-bond donors (Lipinski definition) is 1. The van der Waals surface area contributed by atoms with Crippen LogP contribution in [0.1, 0.15) is 20.3 Å². The van der Waals surface area contributed by atoms with Gasteiger partial charge < -0.3 is 10.1 Å². The zero-order valence-corrected chi connectivity index (χ0v) is 11.6. The number of nitrogens with zero attached hydrogens (tertiary/aromatic N) is 2. The lowest BCUT2D eigenvalue weighted by molar-refractivity contribution is 0.0376. The molecule has 0 aliphatic carbocycles. The first-order chi connectivity index (χ1) is 8.18. The molecule has 0 aromatic heterocycles. The Morgan fingerprint density at radius 3 is 2.82 bits per heavy atom. The van der Waals surface area contributed by atoms with Gasteiger partial charge in [-0.05, 0) is 31.1 Å². The molecule has 1 heterocycles. The first kappa shape index (κ1) is 14.5. The van der Waals surface area contributed by atoms with Crippen LogP contribution in [0.25, 0.3) is 0 Å². The monoisotopic (exact) mass is 257 g/mol. The van der Waals surface area contributed by atoms with Crippen LogP contribution in [0.4, 0.5) is 0 Å². The summed E-state index contributed by atoms with van der Waals surface area (Å²) in [7, 11) is 0. The summed E-state index contributed by atoms with van der Waals surface area (Å²) in [5.41, 5.74) is 0. The van der Waals surface area contributed by atoms with E-state index in [1.54, 1.807) is 0 Å². The number of ether oxygens (including phenoxy) is 1. The molecule has 0 unspecified atom stereocenters. The molecule has 0 amide bonds. The van der Waals surface area contributed by atoms with Crippen LogP contribution in [0, 0.1) is 5.92 Å². The third kappa shape index (κ3) is 7.41. The first-order valence-corrected chi connectivity index (χ1v) is 6.71. The molecule has 1 N–H and O–H groups in total. The maximum atomic E-state index is 5.30. The Kier molecular flexibility index (Phi) is 7.32. The van der Waals surface area contributed by atoms with E-state index >= 15 is 0 Å². The molecule has 1 aliphatic rings. The van der Waals surface area contributed by atoms with Gasteiger partial charge in [0.05, 0.1) is 13.2 Å². The molecule has 0 bridgehead atoms. The molecule has 1 fully saturated rings. The van der Waals surface area contributed by atoms with Crippen LogP contribution in [0.15, 0.2) is 4.99 Å². The van der Waals surface area contributed by atoms with E-state index < -0.39 is 0 Å². The van der Waals surface area contributed by atoms with Gasteiger partial charge in [-0.1, -0.05) is 13.8 Å². The predicted molar refractivity (Wildman–Crippen MR) is 75.8 cm³/mol. The molecule has 4 nitrogen and oxygen atoms in total. The molecular formula is C12H23N3OS. The molecule has 0 radical (unpaired) electrons. The molecule has 0 atom stereocenters. The van der Waals surface area contributed by atoms with Crippen LogP contribution in [0.2, 0.25) is 0 Å². The average Bonchev–Trinajstić information content (AvgIpc) is 2.33. The van der Waals surface area contributed by atoms with Crippen molar-refractivity contribution in [3.63, 3.8) is 0 Å². The van der Waals surface area contributed by atoms with Crippen molar-refractivity contribution < 1.29 is 4.74 Å². The van der Waals surface area contributed by atoms with E-state index in [1.165, 1.54) is 0 Å². The zero-order valence-electron chi connectivity index (χ0n) is 10.8. The normalized spacial score (nSPS) is 17.8. The number of morpholine rings is 1. The minimum Gasteiger partial charge on any atom is -0.379 e. The van der Waals surface area contributed by atoms with E-state index in [0.29, 0.717) is 11.0 Å². The molecule has 5 heteroatoms. The predicted octanol–water partition coefficient (Wildman–Crippen LogP) is 1.31. The largest absolute Gasteiger partial charge is 0.379 e. The zero-order chi connectivity index (χ0) is 12.5. The molecule has 0 aromatic carbocycles. The summed E-state index contributed by atoms with van der Waals surface area (Å²) in [5, 5.41) is 3.75. The van der Waals surface area contributed by atoms with Gasteiger partial charge in [0.15, 0.2) is 5.11 Å². The van der Waals surface area contributed by atoms with Crippen molar-refractivity contribution in [1.82, 2.24) is 10.2 Å². The van der Waals surface area contributed by atoms with Gasteiger partial charge in [0.2, 0.25) is 0 Å². The second-order valence-corrected chi connectivity index (χ2v) is 4.95. The highest BCUT2D eigenvalue weighted by atomic mass is 32.1. The van der Waals surface area contributed by atoms with E-state index in [2.05, 4.69) is 29.1 Å². The maximum Gasteiger partial charge on any atom is 0.192 e. The van der Waals surface area contributed by atoms with E-state index in [-0.39, 0.29) is 0 Å². The highest BCUT2D eigenvalue weighted by Gasteiger charge is 2.08. The number of thiocarbonyl (C=S) groups is 1. The fourth-order valence-electron chi connectivity index (χ4n) is 1.59.